The molecule has 0 unspecified atom stereocenters. The highest BCUT2D eigenvalue weighted by Crippen LogP contribution is 2.13. The Bertz CT molecular complexity index is 969. The fraction of sp³-hybridized carbons (Fsp3) is 0.263. The number of hydrogen-bond donors (Lipinski definition) is 3. The molecule has 1 aromatic carbocycles. The van der Waals surface area contributed by atoms with Crippen LogP contribution in [0.1, 0.15) is 17.0 Å². The molecular formula is C19H22FN7O. The molecule has 2 aromatic heterocycles. The summed E-state index contributed by atoms with van der Waals surface area (Å²) in [6.07, 6.45) is 0. The summed E-state index contributed by atoms with van der Waals surface area (Å²) in [7, 11) is 0. The number of amides is 2. The number of aryl methyl sites for hydroxylation is 3. The molecule has 0 aliphatic rings. The van der Waals surface area contributed by atoms with Crippen LogP contribution in [0.25, 0.3) is 5.82 Å². The van der Waals surface area contributed by atoms with Crippen molar-refractivity contribution in [3.8, 4) is 5.82 Å². The lowest BCUT2D eigenvalue weighted by molar-refractivity contribution is 0.252. The van der Waals surface area contributed by atoms with Crippen molar-refractivity contribution in [3.05, 3.63) is 59.2 Å². The number of aromatic nitrogens is 4. The average molecular weight is 383 g/mol. The first-order chi connectivity index (χ1) is 13.4. The first kappa shape index (κ1) is 19.3. The maximum Gasteiger partial charge on any atom is 0.319 e. The first-order valence-electron chi connectivity index (χ1n) is 8.84. The van der Waals surface area contributed by atoms with E-state index in [4.69, 9.17) is 0 Å². The summed E-state index contributed by atoms with van der Waals surface area (Å²) in [5, 5.41) is 21.0. The summed E-state index contributed by atoms with van der Waals surface area (Å²) in [6, 6.07) is 9.73. The van der Waals surface area contributed by atoms with E-state index in [1.165, 1.54) is 6.07 Å². The molecule has 2 amide bonds. The van der Waals surface area contributed by atoms with E-state index in [-0.39, 0.29) is 5.82 Å². The minimum absolute atomic E-state index is 0.359. The van der Waals surface area contributed by atoms with E-state index in [9.17, 15) is 9.18 Å². The van der Waals surface area contributed by atoms with Crippen LogP contribution < -0.4 is 16.0 Å². The monoisotopic (exact) mass is 383 g/mol. The van der Waals surface area contributed by atoms with E-state index >= 15 is 0 Å². The molecule has 9 heteroatoms. The lowest BCUT2D eigenvalue weighted by atomic mass is 10.2. The summed E-state index contributed by atoms with van der Waals surface area (Å²) in [6.45, 7) is 6.36. The van der Waals surface area contributed by atoms with Gasteiger partial charge in [0.15, 0.2) is 5.82 Å². The maximum atomic E-state index is 13.5. The molecule has 0 aliphatic heterocycles. The second kappa shape index (κ2) is 8.47. The predicted molar refractivity (Wildman–Crippen MR) is 105 cm³/mol. The Morgan fingerprint density at radius 2 is 1.89 bits per heavy atom. The van der Waals surface area contributed by atoms with Gasteiger partial charge >= 0.3 is 6.03 Å². The van der Waals surface area contributed by atoms with Gasteiger partial charge in [-0.3, -0.25) is 0 Å². The number of nitrogens with one attached hydrogen (secondary N) is 3. The van der Waals surface area contributed by atoms with Gasteiger partial charge in [-0.25, -0.2) is 13.9 Å². The van der Waals surface area contributed by atoms with Crippen LogP contribution in [0, 0.1) is 26.6 Å². The number of halogens is 1. The molecule has 0 atom stereocenters. The Morgan fingerprint density at radius 3 is 2.54 bits per heavy atom. The highest BCUT2D eigenvalue weighted by Gasteiger charge is 2.06. The van der Waals surface area contributed by atoms with Crippen LogP contribution in [0.2, 0.25) is 0 Å². The van der Waals surface area contributed by atoms with Gasteiger partial charge in [-0.1, -0.05) is 6.07 Å². The number of carbonyl (C=O) groups excluding carboxylic acids is 1. The first-order valence-corrected chi connectivity index (χ1v) is 8.84. The number of hydrogen-bond acceptors (Lipinski definition) is 5. The van der Waals surface area contributed by atoms with Gasteiger partial charge in [0.1, 0.15) is 11.6 Å². The summed E-state index contributed by atoms with van der Waals surface area (Å²) in [5.74, 6) is 0.869. The van der Waals surface area contributed by atoms with Crippen molar-refractivity contribution in [2.24, 2.45) is 0 Å². The standard InChI is InChI=1S/C19H22FN7O/c1-12-4-5-15(11-16(12)20)23-19(28)22-9-8-21-17-6-7-18(25-24-17)27-14(3)10-13(2)26-27/h4-7,10-11H,8-9H2,1-3H3,(H,21,24)(H2,22,23,28). The molecule has 0 fully saturated rings. The molecule has 0 saturated carbocycles. The van der Waals surface area contributed by atoms with E-state index < -0.39 is 6.03 Å². The van der Waals surface area contributed by atoms with Crippen molar-refractivity contribution in [1.29, 1.82) is 0 Å². The number of carbonyl (C=O) groups is 1. The largest absolute Gasteiger partial charge is 0.367 e. The molecule has 8 nitrogen and oxygen atoms in total. The fourth-order valence-electron chi connectivity index (χ4n) is 2.61. The second-order valence-corrected chi connectivity index (χ2v) is 6.39. The molecule has 3 aromatic rings. The van der Waals surface area contributed by atoms with Crippen molar-refractivity contribution in [3.63, 3.8) is 0 Å². The lowest BCUT2D eigenvalue weighted by Gasteiger charge is -2.09. The summed E-state index contributed by atoms with van der Waals surface area (Å²) in [5.41, 5.74) is 2.83. The Kier molecular flexibility index (Phi) is 5.83. The molecule has 3 rings (SSSR count). The van der Waals surface area contributed by atoms with Crippen molar-refractivity contribution in [1.82, 2.24) is 25.3 Å². The van der Waals surface area contributed by atoms with E-state index in [1.807, 2.05) is 26.0 Å². The van der Waals surface area contributed by atoms with Gasteiger partial charge in [0.05, 0.1) is 5.69 Å². The number of urea groups is 1. The highest BCUT2D eigenvalue weighted by atomic mass is 19.1. The van der Waals surface area contributed by atoms with Crippen LogP contribution in [0.15, 0.2) is 36.4 Å². The van der Waals surface area contributed by atoms with Crippen LogP contribution >= 0.6 is 0 Å². The zero-order valence-electron chi connectivity index (χ0n) is 16.0. The number of benzene rings is 1. The third-order valence-electron chi connectivity index (χ3n) is 4.02. The van der Waals surface area contributed by atoms with Crippen molar-refractivity contribution < 1.29 is 9.18 Å². The van der Waals surface area contributed by atoms with Crippen molar-refractivity contribution in [2.75, 3.05) is 23.7 Å². The van der Waals surface area contributed by atoms with Crippen molar-refractivity contribution >= 4 is 17.5 Å². The summed E-state index contributed by atoms with van der Waals surface area (Å²) < 4.78 is 15.2. The highest BCUT2D eigenvalue weighted by molar-refractivity contribution is 5.89. The minimum Gasteiger partial charge on any atom is -0.367 e. The Labute approximate surface area is 162 Å². The smallest absolute Gasteiger partial charge is 0.319 e. The van der Waals surface area contributed by atoms with Gasteiger partial charge in [0, 0.05) is 24.5 Å². The zero-order chi connectivity index (χ0) is 20.1. The minimum atomic E-state index is -0.406. The van der Waals surface area contributed by atoms with E-state index in [2.05, 4.69) is 31.2 Å². The molecule has 0 spiro atoms. The Morgan fingerprint density at radius 1 is 1.07 bits per heavy atom. The lowest BCUT2D eigenvalue weighted by Crippen LogP contribution is -2.32. The zero-order valence-corrected chi connectivity index (χ0v) is 16.0. The van der Waals surface area contributed by atoms with Gasteiger partial charge in [0.25, 0.3) is 0 Å². The van der Waals surface area contributed by atoms with Gasteiger partial charge < -0.3 is 16.0 Å². The van der Waals surface area contributed by atoms with Gasteiger partial charge in [-0.2, -0.15) is 5.10 Å². The molecule has 0 radical (unpaired) electrons. The molecule has 28 heavy (non-hydrogen) atoms. The average Bonchev–Trinajstić information content (AvgIpc) is 3.00. The summed E-state index contributed by atoms with van der Waals surface area (Å²) in [4.78, 5) is 11.8. The molecule has 0 saturated heterocycles. The Hall–Kier alpha value is -3.49. The summed E-state index contributed by atoms with van der Waals surface area (Å²) >= 11 is 0. The Balaban J connectivity index is 1.44. The third-order valence-corrected chi connectivity index (χ3v) is 4.02. The second-order valence-electron chi connectivity index (χ2n) is 6.39. The maximum absolute atomic E-state index is 13.5. The SMILES string of the molecule is Cc1cc(C)n(-c2ccc(NCCNC(=O)Nc3ccc(C)c(F)c3)nn2)n1. The van der Waals surface area contributed by atoms with Crippen molar-refractivity contribution in [2.45, 2.75) is 20.8 Å². The normalized spacial score (nSPS) is 10.6. The number of anilines is 2. The predicted octanol–water partition coefficient (Wildman–Crippen LogP) is 2.96. The topological polar surface area (TPSA) is 96.8 Å². The van der Waals surface area contributed by atoms with Crippen LogP contribution in [0.3, 0.4) is 0 Å². The van der Waals surface area contributed by atoms with Crippen LogP contribution in [0.4, 0.5) is 20.7 Å². The fourth-order valence-corrected chi connectivity index (χ4v) is 2.61. The van der Waals surface area contributed by atoms with E-state index in [0.29, 0.717) is 36.0 Å². The quantitative estimate of drug-likeness (QED) is 0.569. The number of nitrogens with zero attached hydrogens (tertiary/aromatic N) is 4. The van der Waals surface area contributed by atoms with E-state index in [0.717, 1.165) is 11.4 Å². The van der Waals surface area contributed by atoms with Gasteiger partial charge in [-0.15, -0.1) is 10.2 Å². The number of rotatable bonds is 6. The van der Waals surface area contributed by atoms with Crippen LogP contribution in [-0.4, -0.2) is 39.1 Å². The molecule has 3 N–H and O–H groups in total. The molecule has 0 bridgehead atoms. The van der Waals surface area contributed by atoms with Crippen LogP contribution in [-0.2, 0) is 0 Å². The van der Waals surface area contributed by atoms with Gasteiger partial charge in [0.2, 0.25) is 0 Å². The van der Waals surface area contributed by atoms with E-state index in [1.54, 1.807) is 29.8 Å². The third kappa shape index (κ3) is 4.81. The molecule has 0 aliphatic carbocycles. The molecule has 146 valence electrons. The molecule has 2 heterocycles. The van der Waals surface area contributed by atoms with Crippen LogP contribution in [0.5, 0.6) is 0 Å². The molecular weight excluding hydrogens is 361 g/mol. The van der Waals surface area contributed by atoms with Gasteiger partial charge in [-0.05, 0) is 56.7 Å².